The number of amides is 1. The molecule has 1 amide bonds. The number of piperidine rings is 1. The molecule has 5 rings (SSSR count). The molecule has 5 heteroatoms. The summed E-state index contributed by atoms with van der Waals surface area (Å²) in [5, 5.41) is 1.23. The Balaban J connectivity index is 1.47. The van der Waals surface area contributed by atoms with Gasteiger partial charge in [-0.3, -0.25) is 9.78 Å². The number of carbonyl (C=O) groups excluding carboxylic acids is 1. The summed E-state index contributed by atoms with van der Waals surface area (Å²) in [6.07, 6.45) is 5.73. The molecule has 1 N–H and O–H groups in total. The monoisotopic (exact) mass is 439 g/mol. The highest BCUT2D eigenvalue weighted by Crippen LogP contribution is 2.39. The van der Waals surface area contributed by atoms with Crippen LogP contribution in [0.3, 0.4) is 0 Å². The molecule has 0 radical (unpaired) electrons. The molecule has 0 spiro atoms. The van der Waals surface area contributed by atoms with Gasteiger partial charge in [-0.25, -0.2) is 0 Å². The van der Waals surface area contributed by atoms with Crippen molar-refractivity contribution in [3.05, 3.63) is 89.4 Å². The molecule has 168 valence electrons. The van der Waals surface area contributed by atoms with E-state index >= 15 is 0 Å². The average Bonchev–Trinajstić information content (AvgIpc) is 3.23. The maximum absolute atomic E-state index is 13.3. The number of hydrogen-bond acceptors (Lipinski definition) is 3. The van der Waals surface area contributed by atoms with Gasteiger partial charge in [-0.05, 0) is 67.3 Å². The van der Waals surface area contributed by atoms with Gasteiger partial charge in [-0.1, -0.05) is 23.8 Å². The van der Waals surface area contributed by atoms with Gasteiger partial charge >= 0.3 is 0 Å². The van der Waals surface area contributed by atoms with Gasteiger partial charge in [0.05, 0.1) is 6.61 Å². The van der Waals surface area contributed by atoms with E-state index in [0.717, 1.165) is 41.6 Å². The normalized spacial score (nSPS) is 16.3. The van der Waals surface area contributed by atoms with Gasteiger partial charge in [-0.2, -0.15) is 0 Å². The summed E-state index contributed by atoms with van der Waals surface area (Å²) < 4.78 is 5.18. The summed E-state index contributed by atoms with van der Waals surface area (Å²) in [6, 6.07) is 18.5. The molecular formula is C28H29N3O2. The highest BCUT2D eigenvalue weighted by Gasteiger charge is 2.29. The lowest BCUT2D eigenvalue weighted by Gasteiger charge is -2.33. The van der Waals surface area contributed by atoms with Crippen molar-refractivity contribution >= 4 is 16.8 Å². The summed E-state index contributed by atoms with van der Waals surface area (Å²) in [5.41, 5.74) is 7.79. The Bertz CT molecular complexity index is 1260. The van der Waals surface area contributed by atoms with E-state index in [4.69, 9.17) is 4.74 Å². The number of benzene rings is 2. The lowest BCUT2D eigenvalue weighted by Crippen LogP contribution is -2.39. The molecule has 5 nitrogen and oxygen atoms in total. The first-order valence-corrected chi connectivity index (χ1v) is 11.5. The lowest BCUT2D eigenvalue weighted by molar-refractivity contribution is 0.0706. The van der Waals surface area contributed by atoms with Gasteiger partial charge in [0.15, 0.2) is 0 Å². The third-order valence-corrected chi connectivity index (χ3v) is 6.58. The van der Waals surface area contributed by atoms with Crippen LogP contribution in [0.4, 0.5) is 0 Å². The van der Waals surface area contributed by atoms with E-state index < -0.39 is 0 Å². The minimum absolute atomic E-state index is 0.0982. The van der Waals surface area contributed by atoms with Crippen LogP contribution in [-0.4, -0.2) is 41.0 Å². The topological polar surface area (TPSA) is 58.2 Å². The van der Waals surface area contributed by atoms with Crippen LogP contribution in [-0.2, 0) is 11.3 Å². The zero-order valence-corrected chi connectivity index (χ0v) is 19.2. The number of pyridine rings is 1. The van der Waals surface area contributed by atoms with Crippen molar-refractivity contribution in [2.75, 3.05) is 20.2 Å². The van der Waals surface area contributed by atoms with Crippen LogP contribution in [0.15, 0.2) is 67.0 Å². The van der Waals surface area contributed by atoms with Crippen LogP contribution >= 0.6 is 0 Å². The second-order valence-electron chi connectivity index (χ2n) is 8.92. The Labute approximate surface area is 194 Å². The van der Waals surface area contributed by atoms with E-state index in [1.165, 1.54) is 22.2 Å². The Morgan fingerprint density at radius 2 is 1.91 bits per heavy atom. The molecule has 2 aromatic heterocycles. The van der Waals surface area contributed by atoms with Gasteiger partial charge in [0.25, 0.3) is 5.91 Å². The number of aryl methyl sites for hydroxylation is 1. The summed E-state index contributed by atoms with van der Waals surface area (Å²) in [5.74, 6) is 0.354. The molecule has 0 bridgehead atoms. The molecule has 1 fully saturated rings. The van der Waals surface area contributed by atoms with Crippen molar-refractivity contribution in [2.45, 2.75) is 32.3 Å². The predicted molar refractivity (Wildman–Crippen MR) is 131 cm³/mol. The highest BCUT2D eigenvalue weighted by molar-refractivity contribution is 5.98. The molecule has 0 saturated carbocycles. The maximum Gasteiger partial charge on any atom is 0.253 e. The maximum atomic E-state index is 13.3. The van der Waals surface area contributed by atoms with Gasteiger partial charge in [0.1, 0.15) is 0 Å². The number of ether oxygens (including phenoxy) is 1. The first kappa shape index (κ1) is 21.4. The van der Waals surface area contributed by atoms with Crippen LogP contribution in [0.25, 0.3) is 22.0 Å². The van der Waals surface area contributed by atoms with Crippen LogP contribution in [0.5, 0.6) is 0 Å². The number of methoxy groups -OCH3 is 1. The molecule has 1 atom stereocenters. The molecule has 0 aliphatic carbocycles. The second-order valence-corrected chi connectivity index (χ2v) is 8.92. The van der Waals surface area contributed by atoms with Crippen molar-refractivity contribution in [2.24, 2.45) is 0 Å². The molecule has 2 aromatic carbocycles. The number of hydrogen-bond donors (Lipinski definition) is 1. The zero-order chi connectivity index (χ0) is 22.8. The first-order valence-electron chi connectivity index (χ1n) is 11.5. The fourth-order valence-electron chi connectivity index (χ4n) is 4.95. The molecule has 1 aliphatic rings. The fourth-order valence-corrected chi connectivity index (χ4v) is 4.95. The van der Waals surface area contributed by atoms with Crippen LogP contribution < -0.4 is 0 Å². The number of H-pyrrole nitrogens is 1. The van der Waals surface area contributed by atoms with E-state index in [2.05, 4.69) is 47.2 Å². The summed E-state index contributed by atoms with van der Waals surface area (Å²) in [7, 11) is 1.68. The van der Waals surface area contributed by atoms with Gasteiger partial charge in [0.2, 0.25) is 0 Å². The summed E-state index contributed by atoms with van der Waals surface area (Å²) >= 11 is 0. The van der Waals surface area contributed by atoms with Crippen molar-refractivity contribution in [3.63, 3.8) is 0 Å². The largest absolute Gasteiger partial charge is 0.380 e. The number of carbonyl (C=O) groups is 1. The Hall–Kier alpha value is -3.44. The van der Waals surface area contributed by atoms with E-state index in [-0.39, 0.29) is 11.8 Å². The SMILES string of the molecule is COCc1ccc(C(=O)N2CCC[C@@H](c3[nH]c4ccc(C)cc4c3-c3ccncc3)C2)cc1. The summed E-state index contributed by atoms with van der Waals surface area (Å²) in [4.78, 5) is 23.2. The number of rotatable bonds is 5. The molecular weight excluding hydrogens is 410 g/mol. The van der Waals surface area contributed by atoms with E-state index in [1.54, 1.807) is 7.11 Å². The minimum Gasteiger partial charge on any atom is -0.380 e. The van der Waals surface area contributed by atoms with Crippen LogP contribution in [0.2, 0.25) is 0 Å². The Morgan fingerprint density at radius 3 is 2.67 bits per heavy atom. The zero-order valence-electron chi connectivity index (χ0n) is 19.2. The van der Waals surface area contributed by atoms with Crippen LogP contribution in [0, 0.1) is 6.92 Å². The van der Waals surface area contributed by atoms with E-state index in [0.29, 0.717) is 13.2 Å². The molecule has 3 heterocycles. The van der Waals surface area contributed by atoms with Gasteiger partial charge in [0, 0.05) is 66.2 Å². The van der Waals surface area contributed by atoms with Gasteiger partial charge in [-0.15, -0.1) is 0 Å². The average molecular weight is 440 g/mol. The number of aromatic nitrogens is 2. The third-order valence-electron chi connectivity index (χ3n) is 6.58. The summed E-state index contributed by atoms with van der Waals surface area (Å²) in [6.45, 7) is 4.18. The molecule has 1 saturated heterocycles. The standard InChI is InChI=1S/C28H29N3O2/c1-19-5-10-25-24(16-19)26(21-11-13-29-14-12-21)27(30-25)23-4-3-15-31(17-23)28(32)22-8-6-20(7-9-22)18-33-2/h5-14,16,23,30H,3-4,15,17-18H2,1-2H3/t23-/m1/s1. The third kappa shape index (κ3) is 4.29. The smallest absolute Gasteiger partial charge is 0.253 e. The fraction of sp³-hybridized carbons (Fsp3) is 0.286. The number of likely N-dealkylation sites (tertiary alicyclic amines) is 1. The minimum atomic E-state index is 0.0982. The van der Waals surface area contributed by atoms with Crippen molar-refractivity contribution < 1.29 is 9.53 Å². The van der Waals surface area contributed by atoms with Crippen molar-refractivity contribution in [3.8, 4) is 11.1 Å². The molecule has 1 aliphatic heterocycles. The Morgan fingerprint density at radius 1 is 1.12 bits per heavy atom. The lowest BCUT2D eigenvalue weighted by atomic mass is 9.89. The van der Waals surface area contributed by atoms with Crippen molar-refractivity contribution in [1.29, 1.82) is 0 Å². The quantitative estimate of drug-likeness (QED) is 0.434. The number of fused-ring (bicyclic) bond motifs is 1. The first-order chi connectivity index (χ1) is 16.1. The van der Waals surface area contributed by atoms with Crippen molar-refractivity contribution in [1.82, 2.24) is 14.9 Å². The number of nitrogens with zero attached hydrogens (tertiary/aromatic N) is 2. The molecule has 4 aromatic rings. The predicted octanol–water partition coefficient (Wildman–Crippen LogP) is 5.70. The number of nitrogens with one attached hydrogen (secondary N) is 1. The van der Waals surface area contributed by atoms with Gasteiger partial charge < -0.3 is 14.6 Å². The van der Waals surface area contributed by atoms with E-state index in [1.807, 2.05) is 41.6 Å². The number of aromatic amines is 1. The Kier molecular flexibility index (Phi) is 5.97. The second kappa shape index (κ2) is 9.20. The molecule has 0 unspecified atom stereocenters. The van der Waals surface area contributed by atoms with Crippen LogP contribution in [0.1, 0.15) is 45.9 Å². The van der Waals surface area contributed by atoms with E-state index in [9.17, 15) is 4.79 Å². The molecule has 33 heavy (non-hydrogen) atoms. The highest BCUT2D eigenvalue weighted by atomic mass is 16.5.